The van der Waals surface area contributed by atoms with E-state index in [1.54, 1.807) is 12.4 Å². The van der Waals surface area contributed by atoms with Gasteiger partial charge in [0.1, 0.15) is 17.4 Å². The molecule has 0 aliphatic carbocycles. The molecule has 0 fully saturated rings. The number of anilines is 1. The van der Waals surface area contributed by atoms with Crippen molar-refractivity contribution in [3.63, 3.8) is 0 Å². The lowest BCUT2D eigenvalue weighted by molar-refractivity contribution is 0.393. The minimum atomic E-state index is -0.251. The number of aromatic nitrogens is 1. The van der Waals surface area contributed by atoms with Gasteiger partial charge in [-0.05, 0) is 17.7 Å². The molecule has 1 aromatic carbocycles. The molecular weight excluding hydrogens is 276 g/mol. The SMILES string of the molecule is CN(C)c1ccc2c(c1)OC(N)=C(C#N)C2c1cccnc1. The number of benzene rings is 1. The third-order valence-electron chi connectivity index (χ3n) is 3.74. The van der Waals surface area contributed by atoms with Crippen LogP contribution >= 0.6 is 0 Å². The zero-order valence-electron chi connectivity index (χ0n) is 12.4. The number of hydrogen-bond acceptors (Lipinski definition) is 5. The van der Waals surface area contributed by atoms with Crippen molar-refractivity contribution >= 4 is 5.69 Å². The molecule has 3 rings (SSSR count). The first kappa shape index (κ1) is 14.0. The first-order chi connectivity index (χ1) is 10.6. The zero-order valence-corrected chi connectivity index (χ0v) is 12.4. The van der Waals surface area contributed by atoms with Crippen molar-refractivity contribution in [2.75, 3.05) is 19.0 Å². The van der Waals surface area contributed by atoms with E-state index >= 15 is 0 Å². The number of nitriles is 1. The number of pyridine rings is 1. The van der Waals surface area contributed by atoms with Crippen LogP contribution in [0.1, 0.15) is 17.0 Å². The standard InChI is InChI=1S/C17H16N4O/c1-21(2)12-5-6-13-15(8-12)22-17(19)14(9-18)16(13)11-4-3-7-20-10-11/h3-8,10,16H,19H2,1-2H3. The maximum atomic E-state index is 9.47. The quantitative estimate of drug-likeness (QED) is 0.919. The molecule has 0 spiro atoms. The Labute approximate surface area is 129 Å². The summed E-state index contributed by atoms with van der Waals surface area (Å²) in [6.45, 7) is 0. The van der Waals surface area contributed by atoms with Crippen LogP contribution in [0.3, 0.4) is 0 Å². The minimum absolute atomic E-state index is 0.153. The molecule has 1 atom stereocenters. The normalized spacial score (nSPS) is 16.5. The van der Waals surface area contributed by atoms with Crippen molar-refractivity contribution in [3.05, 3.63) is 65.3 Å². The minimum Gasteiger partial charge on any atom is -0.440 e. The van der Waals surface area contributed by atoms with Gasteiger partial charge in [-0.15, -0.1) is 0 Å². The number of allylic oxidation sites excluding steroid dienone is 1. The van der Waals surface area contributed by atoms with Gasteiger partial charge in [0.05, 0.1) is 5.92 Å². The molecule has 1 unspecified atom stereocenters. The molecule has 0 saturated heterocycles. The van der Waals surface area contributed by atoms with Gasteiger partial charge in [-0.1, -0.05) is 12.1 Å². The van der Waals surface area contributed by atoms with Gasteiger partial charge in [0.25, 0.3) is 0 Å². The van der Waals surface area contributed by atoms with Crippen LogP contribution in [0.15, 0.2) is 54.2 Å². The average Bonchev–Trinajstić information content (AvgIpc) is 2.53. The summed E-state index contributed by atoms with van der Waals surface area (Å²) < 4.78 is 5.67. The van der Waals surface area contributed by atoms with Gasteiger partial charge in [-0.25, -0.2) is 0 Å². The van der Waals surface area contributed by atoms with E-state index in [-0.39, 0.29) is 11.8 Å². The second-order valence-corrected chi connectivity index (χ2v) is 5.33. The van der Waals surface area contributed by atoms with Crippen LogP contribution in [0, 0.1) is 11.3 Å². The molecule has 0 amide bonds. The number of fused-ring (bicyclic) bond motifs is 1. The van der Waals surface area contributed by atoms with E-state index in [9.17, 15) is 5.26 Å². The van der Waals surface area contributed by atoms with Crippen molar-refractivity contribution in [3.8, 4) is 11.8 Å². The highest BCUT2D eigenvalue weighted by atomic mass is 16.5. The summed E-state index contributed by atoms with van der Waals surface area (Å²) in [5, 5.41) is 9.47. The Bertz CT molecular complexity index is 775. The van der Waals surface area contributed by atoms with E-state index in [1.807, 2.05) is 49.3 Å². The fourth-order valence-electron chi connectivity index (χ4n) is 2.61. The summed E-state index contributed by atoms with van der Waals surface area (Å²) in [4.78, 5) is 6.14. The number of hydrogen-bond donors (Lipinski definition) is 1. The highest BCUT2D eigenvalue weighted by Gasteiger charge is 2.30. The lowest BCUT2D eigenvalue weighted by Gasteiger charge is -2.27. The summed E-state index contributed by atoms with van der Waals surface area (Å²) >= 11 is 0. The molecule has 2 aromatic rings. The van der Waals surface area contributed by atoms with E-state index < -0.39 is 0 Å². The maximum Gasteiger partial charge on any atom is 0.205 e. The number of rotatable bonds is 2. The Morgan fingerprint density at radius 2 is 2.14 bits per heavy atom. The molecule has 1 aliphatic rings. The Balaban J connectivity index is 2.18. The fraction of sp³-hybridized carbons (Fsp3) is 0.176. The van der Waals surface area contributed by atoms with Crippen molar-refractivity contribution in [1.29, 1.82) is 5.26 Å². The van der Waals surface area contributed by atoms with Gasteiger partial charge in [-0.2, -0.15) is 5.26 Å². The molecule has 5 heteroatoms. The smallest absolute Gasteiger partial charge is 0.205 e. The Hall–Kier alpha value is -3.00. The monoisotopic (exact) mass is 292 g/mol. The summed E-state index contributed by atoms with van der Waals surface area (Å²) in [7, 11) is 3.92. The molecule has 110 valence electrons. The van der Waals surface area contributed by atoms with Crippen molar-refractivity contribution in [2.45, 2.75) is 5.92 Å². The molecule has 0 bridgehead atoms. The van der Waals surface area contributed by atoms with Gasteiger partial charge in [0.15, 0.2) is 0 Å². The molecule has 1 aliphatic heterocycles. The molecule has 0 radical (unpaired) electrons. The van der Waals surface area contributed by atoms with E-state index in [4.69, 9.17) is 10.5 Å². The predicted molar refractivity (Wildman–Crippen MR) is 84.3 cm³/mol. The molecule has 1 aromatic heterocycles. The first-order valence-electron chi connectivity index (χ1n) is 6.90. The zero-order chi connectivity index (χ0) is 15.7. The van der Waals surface area contributed by atoms with E-state index in [1.165, 1.54) is 0 Å². The van der Waals surface area contributed by atoms with Crippen LogP contribution in [-0.4, -0.2) is 19.1 Å². The Morgan fingerprint density at radius 3 is 2.77 bits per heavy atom. The van der Waals surface area contributed by atoms with Crippen LogP contribution in [-0.2, 0) is 0 Å². The van der Waals surface area contributed by atoms with Crippen LogP contribution in [0.5, 0.6) is 5.75 Å². The maximum absolute atomic E-state index is 9.47. The Kier molecular flexibility index (Phi) is 3.43. The summed E-state index contributed by atoms with van der Waals surface area (Å²) in [6.07, 6.45) is 3.46. The highest BCUT2D eigenvalue weighted by Crippen LogP contribution is 2.42. The van der Waals surface area contributed by atoms with Gasteiger partial charge < -0.3 is 15.4 Å². The summed E-state index contributed by atoms with van der Waals surface area (Å²) in [5.74, 6) is 0.579. The van der Waals surface area contributed by atoms with Crippen LogP contribution in [0.2, 0.25) is 0 Å². The summed E-state index contributed by atoms with van der Waals surface area (Å²) in [5.41, 5.74) is 9.23. The van der Waals surface area contributed by atoms with E-state index in [0.717, 1.165) is 16.8 Å². The molecule has 2 heterocycles. The second-order valence-electron chi connectivity index (χ2n) is 5.33. The van der Waals surface area contributed by atoms with Crippen molar-refractivity contribution in [2.24, 2.45) is 5.73 Å². The van der Waals surface area contributed by atoms with E-state index in [2.05, 4.69) is 11.1 Å². The first-order valence-corrected chi connectivity index (χ1v) is 6.90. The van der Waals surface area contributed by atoms with Crippen molar-refractivity contribution < 1.29 is 4.74 Å². The average molecular weight is 292 g/mol. The number of nitrogens with zero attached hydrogens (tertiary/aromatic N) is 3. The van der Waals surface area contributed by atoms with Crippen LogP contribution < -0.4 is 15.4 Å². The highest BCUT2D eigenvalue weighted by molar-refractivity contribution is 5.60. The largest absolute Gasteiger partial charge is 0.440 e. The second kappa shape index (κ2) is 5.41. The molecule has 2 N–H and O–H groups in total. The van der Waals surface area contributed by atoms with E-state index in [0.29, 0.717) is 11.3 Å². The Morgan fingerprint density at radius 1 is 1.32 bits per heavy atom. The molecule has 0 saturated carbocycles. The number of ether oxygens (including phenoxy) is 1. The van der Waals surface area contributed by atoms with Gasteiger partial charge in [-0.3, -0.25) is 4.98 Å². The predicted octanol–water partition coefficient (Wildman–Crippen LogP) is 2.37. The third-order valence-corrected chi connectivity index (χ3v) is 3.74. The molecular formula is C17H16N4O. The lowest BCUT2D eigenvalue weighted by Crippen LogP contribution is -2.21. The molecule has 5 nitrogen and oxygen atoms in total. The lowest BCUT2D eigenvalue weighted by atomic mass is 9.84. The van der Waals surface area contributed by atoms with Crippen LogP contribution in [0.25, 0.3) is 0 Å². The topological polar surface area (TPSA) is 75.2 Å². The summed E-state index contributed by atoms with van der Waals surface area (Å²) in [6, 6.07) is 11.9. The molecule has 22 heavy (non-hydrogen) atoms. The van der Waals surface area contributed by atoms with Crippen molar-refractivity contribution in [1.82, 2.24) is 4.98 Å². The number of nitrogens with two attached hydrogens (primary N) is 1. The third kappa shape index (κ3) is 2.25. The van der Waals surface area contributed by atoms with Gasteiger partial charge in [0.2, 0.25) is 5.88 Å². The van der Waals surface area contributed by atoms with Gasteiger partial charge >= 0.3 is 0 Å². The van der Waals surface area contributed by atoms with Crippen LogP contribution in [0.4, 0.5) is 5.69 Å². The fourth-order valence-corrected chi connectivity index (χ4v) is 2.61. The van der Waals surface area contributed by atoms with Gasteiger partial charge in [0, 0.05) is 43.8 Å².